The number of ether oxygens (including phenoxy) is 2. The number of hydrogen-bond donors (Lipinski definition) is 6. The molecule has 0 bridgehead atoms. The van der Waals surface area contributed by atoms with Gasteiger partial charge in [0.05, 0.1) is 25.4 Å². The summed E-state index contributed by atoms with van der Waals surface area (Å²) in [7, 11) is 0. The van der Waals surface area contributed by atoms with Crippen LogP contribution in [0.4, 0.5) is 0 Å². The van der Waals surface area contributed by atoms with Gasteiger partial charge in [-0.05, 0) is 77.0 Å². The Morgan fingerprint density at radius 2 is 1.05 bits per heavy atom. The summed E-state index contributed by atoms with van der Waals surface area (Å²) in [6, 6.07) is -0.840. The monoisotopic (exact) mass is 844 g/mol. The molecule has 0 aromatic carbocycles. The molecule has 1 fully saturated rings. The molecule has 0 aromatic heterocycles. The van der Waals surface area contributed by atoms with E-state index in [4.69, 9.17) is 9.47 Å². The summed E-state index contributed by atoms with van der Waals surface area (Å²) in [5.41, 5.74) is 0. The topological polar surface area (TPSA) is 149 Å². The van der Waals surface area contributed by atoms with Crippen LogP contribution < -0.4 is 5.32 Å². The zero-order valence-electron chi connectivity index (χ0n) is 37.9. The van der Waals surface area contributed by atoms with Crippen molar-refractivity contribution in [1.82, 2.24) is 5.32 Å². The Morgan fingerprint density at radius 1 is 0.583 bits per heavy atom. The van der Waals surface area contributed by atoms with Gasteiger partial charge in [0.2, 0.25) is 5.91 Å². The van der Waals surface area contributed by atoms with Gasteiger partial charge in [-0.1, -0.05) is 177 Å². The summed E-state index contributed by atoms with van der Waals surface area (Å²) in [4.78, 5) is 13.0. The molecule has 9 nitrogen and oxygen atoms in total. The van der Waals surface area contributed by atoms with E-state index in [1.807, 2.05) is 6.08 Å². The Kier molecular flexibility index (Phi) is 37.7. The lowest BCUT2D eigenvalue weighted by Gasteiger charge is -2.40. The molecule has 1 heterocycles. The number of unbranched alkanes of at least 4 members (excludes halogenated alkanes) is 19. The predicted molar refractivity (Wildman–Crippen MR) is 249 cm³/mol. The molecule has 1 saturated heterocycles. The van der Waals surface area contributed by atoms with Crippen molar-refractivity contribution in [3.8, 4) is 0 Å². The van der Waals surface area contributed by atoms with Gasteiger partial charge in [0.15, 0.2) is 6.29 Å². The van der Waals surface area contributed by atoms with Gasteiger partial charge >= 0.3 is 0 Å². The van der Waals surface area contributed by atoms with E-state index < -0.39 is 49.5 Å². The maximum atomic E-state index is 13.0. The van der Waals surface area contributed by atoms with Gasteiger partial charge in [-0.15, -0.1) is 0 Å². The van der Waals surface area contributed by atoms with Gasteiger partial charge in [-0.2, -0.15) is 0 Å². The summed E-state index contributed by atoms with van der Waals surface area (Å²) in [5, 5.41) is 54.2. The second kappa shape index (κ2) is 40.7. The number of allylic oxidation sites excluding steroid dienone is 11. The molecular weight excluding hydrogens is 755 g/mol. The molecule has 7 atom stereocenters. The van der Waals surface area contributed by atoms with Crippen molar-refractivity contribution in [2.24, 2.45) is 0 Å². The van der Waals surface area contributed by atoms with Crippen LogP contribution in [0.1, 0.15) is 187 Å². The molecule has 1 rings (SSSR count). The first-order valence-corrected chi connectivity index (χ1v) is 24.2. The highest BCUT2D eigenvalue weighted by Crippen LogP contribution is 2.22. The van der Waals surface area contributed by atoms with Gasteiger partial charge in [-0.25, -0.2) is 0 Å². The van der Waals surface area contributed by atoms with Crippen molar-refractivity contribution in [3.63, 3.8) is 0 Å². The third-order valence-electron chi connectivity index (χ3n) is 11.0. The molecule has 0 spiro atoms. The second-order valence-electron chi connectivity index (χ2n) is 16.5. The van der Waals surface area contributed by atoms with Crippen LogP contribution in [-0.4, -0.2) is 87.5 Å². The average molecular weight is 844 g/mol. The number of amides is 1. The van der Waals surface area contributed by atoms with E-state index in [9.17, 15) is 30.3 Å². The van der Waals surface area contributed by atoms with E-state index in [-0.39, 0.29) is 12.5 Å². The van der Waals surface area contributed by atoms with Crippen molar-refractivity contribution in [2.45, 2.75) is 230 Å². The standard InChI is InChI=1S/C51H89NO8/c1-3-5-7-9-11-13-15-17-19-20-21-22-23-24-25-27-28-30-32-34-36-38-40-45(54)44(43-59-51-50(58)49(57)48(56)46(42-53)60-51)52-47(55)41-39-37-35-33-31-29-26-18-16-14-12-10-8-6-4-2/h6,8,12,14,18,24-26,30,32,38,40,44-46,48-51,53-54,56-58H,3-5,7,9-11,13,15-17,19-23,27-29,31,33-37,39,41-43H2,1-2H3,(H,52,55)/b8-6-,14-12-,25-24+,26-18-,32-30+,40-38+. The van der Waals surface area contributed by atoms with Gasteiger partial charge < -0.3 is 40.3 Å². The maximum absolute atomic E-state index is 13.0. The third-order valence-corrected chi connectivity index (χ3v) is 11.0. The predicted octanol–water partition coefficient (Wildman–Crippen LogP) is 10.6. The normalized spacial score (nSPS) is 21.2. The van der Waals surface area contributed by atoms with E-state index in [0.717, 1.165) is 83.5 Å². The molecule has 0 saturated carbocycles. The lowest BCUT2D eigenvalue weighted by molar-refractivity contribution is -0.302. The van der Waals surface area contributed by atoms with Crippen LogP contribution in [-0.2, 0) is 14.3 Å². The Hall–Kier alpha value is -2.37. The minimum Gasteiger partial charge on any atom is -0.394 e. The molecule has 0 aromatic rings. The highest BCUT2D eigenvalue weighted by Gasteiger charge is 2.44. The van der Waals surface area contributed by atoms with Crippen molar-refractivity contribution in [3.05, 3.63) is 72.9 Å². The lowest BCUT2D eigenvalue weighted by atomic mass is 9.99. The Balaban J connectivity index is 2.38. The summed E-state index contributed by atoms with van der Waals surface area (Å²) in [6.45, 7) is 3.62. The molecule has 6 N–H and O–H groups in total. The summed E-state index contributed by atoms with van der Waals surface area (Å²) in [6.07, 6.45) is 48.1. The van der Waals surface area contributed by atoms with E-state index in [0.29, 0.717) is 6.42 Å². The van der Waals surface area contributed by atoms with Crippen molar-refractivity contribution in [2.75, 3.05) is 13.2 Å². The Labute approximate surface area is 366 Å². The molecule has 9 heteroatoms. The van der Waals surface area contributed by atoms with Gasteiger partial charge in [-0.3, -0.25) is 4.79 Å². The van der Waals surface area contributed by atoms with Crippen molar-refractivity contribution >= 4 is 5.91 Å². The number of aliphatic hydroxyl groups excluding tert-OH is 5. The zero-order valence-corrected chi connectivity index (χ0v) is 37.9. The number of carbonyl (C=O) groups is 1. The first kappa shape index (κ1) is 55.6. The van der Waals surface area contributed by atoms with E-state index in [1.165, 1.54) is 83.5 Å². The summed E-state index contributed by atoms with van der Waals surface area (Å²) in [5.74, 6) is -0.211. The second-order valence-corrected chi connectivity index (χ2v) is 16.5. The minimum absolute atomic E-state index is 0.211. The molecule has 1 amide bonds. The SMILES string of the molecule is CC/C=C\C/C=C\C/C=C\CCCCCCCC(=O)NC(COC1OC(CO)C(O)C(O)C1O)C(O)/C=C/CC/C=C/CC/C=C/CCCCCCCCCCCCCC. The van der Waals surface area contributed by atoms with Crippen LogP contribution in [0.5, 0.6) is 0 Å². The maximum Gasteiger partial charge on any atom is 0.220 e. The first-order chi connectivity index (χ1) is 29.3. The van der Waals surface area contributed by atoms with E-state index in [1.54, 1.807) is 6.08 Å². The smallest absolute Gasteiger partial charge is 0.220 e. The number of rotatable bonds is 39. The van der Waals surface area contributed by atoms with Gasteiger partial charge in [0, 0.05) is 6.42 Å². The van der Waals surface area contributed by atoms with E-state index >= 15 is 0 Å². The molecule has 1 aliphatic heterocycles. The fraction of sp³-hybridized carbons (Fsp3) is 0.745. The fourth-order valence-electron chi connectivity index (χ4n) is 7.14. The minimum atomic E-state index is -1.58. The molecular formula is C51H89NO8. The Morgan fingerprint density at radius 3 is 1.60 bits per heavy atom. The highest BCUT2D eigenvalue weighted by atomic mass is 16.7. The summed E-state index contributed by atoms with van der Waals surface area (Å²) < 4.78 is 11.2. The molecule has 0 radical (unpaired) electrons. The molecule has 7 unspecified atom stereocenters. The lowest BCUT2D eigenvalue weighted by Crippen LogP contribution is -2.60. The average Bonchev–Trinajstić information content (AvgIpc) is 3.25. The third kappa shape index (κ3) is 30.6. The largest absolute Gasteiger partial charge is 0.394 e. The zero-order chi connectivity index (χ0) is 43.7. The molecule has 346 valence electrons. The van der Waals surface area contributed by atoms with Crippen LogP contribution in [0.3, 0.4) is 0 Å². The molecule has 1 aliphatic rings. The number of nitrogens with one attached hydrogen (secondary N) is 1. The first-order valence-electron chi connectivity index (χ1n) is 24.2. The highest BCUT2D eigenvalue weighted by molar-refractivity contribution is 5.76. The fourth-order valence-corrected chi connectivity index (χ4v) is 7.14. The number of hydrogen-bond acceptors (Lipinski definition) is 8. The molecule has 60 heavy (non-hydrogen) atoms. The molecule has 0 aliphatic carbocycles. The van der Waals surface area contributed by atoms with Crippen LogP contribution in [0.25, 0.3) is 0 Å². The Bertz CT molecular complexity index is 1160. The van der Waals surface area contributed by atoms with E-state index in [2.05, 4.69) is 79.9 Å². The van der Waals surface area contributed by atoms with Crippen molar-refractivity contribution in [1.29, 1.82) is 0 Å². The van der Waals surface area contributed by atoms with Gasteiger partial charge in [0.1, 0.15) is 24.4 Å². The van der Waals surface area contributed by atoms with Crippen LogP contribution >= 0.6 is 0 Å². The van der Waals surface area contributed by atoms with Gasteiger partial charge in [0.25, 0.3) is 0 Å². The number of aliphatic hydroxyl groups is 5. The quantitative estimate of drug-likeness (QED) is 0.0265. The summed E-state index contributed by atoms with van der Waals surface area (Å²) >= 11 is 0. The van der Waals surface area contributed by atoms with Crippen LogP contribution in [0.2, 0.25) is 0 Å². The van der Waals surface area contributed by atoms with Crippen LogP contribution in [0, 0.1) is 0 Å². The van der Waals surface area contributed by atoms with Crippen molar-refractivity contribution < 1.29 is 39.8 Å². The number of carbonyl (C=O) groups excluding carboxylic acids is 1. The van der Waals surface area contributed by atoms with Crippen LogP contribution in [0.15, 0.2) is 72.9 Å².